The minimum absolute atomic E-state index is 0.227. The standard InChI is InChI=1S/C6H8O7.2C4H9N3O2/c7-3(8)1-6(13,5(11)12)2-4(9)10;2*1-7(4(5)6)2-3(8)9/h13H,1-2H2,(H,7,8)(H,9,10)(H,11,12);2*2H2,1H3,(H3,5,6)(H,8,9). The van der Waals surface area contributed by atoms with Gasteiger partial charge in [-0.1, -0.05) is 0 Å². The minimum atomic E-state index is -2.74. The van der Waals surface area contributed by atoms with E-state index in [1.54, 1.807) is 0 Å². The first kappa shape index (κ1) is 31.5. The molecule has 0 aromatic rings. The van der Waals surface area contributed by atoms with Crippen molar-refractivity contribution in [1.29, 1.82) is 10.8 Å². The molecule has 0 rings (SSSR count). The van der Waals surface area contributed by atoms with Gasteiger partial charge in [-0.05, 0) is 0 Å². The summed E-state index contributed by atoms with van der Waals surface area (Å²) >= 11 is 0. The lowest BCUT2D eigenvalue weighted by Crippen LogP contribution is -2.42. The lowest BCUT2D eigenvalue weighted by atomic mass is 9.96. The number of hydrogen-bond donors (Lipinski definition) is 10. The highest BCUT2D eigenvalue weighted by atomic mass is 16.4. The van der Waals surface area contributed by atoms with Crippen LogP contribution in [0.3, 0.4) is 0 Å². The third-order valence-corrected chi connectivity index (χ3v) is 2.85. The summed E-state index contributed by atoms with van der Waals surface area (Å²) in [6.45, 7) is -0.454. The van der Waals surface area contributed by atoms with E-state index in [2.05, 4.69) is 0 Å². The van der Waals surface area contributed by atoms with Crippen LogP contribution in [-0.4, -0.2) is 115 Å². The molecule has 0 aliphatic heterocycles. The lowest BCUT2D eigenvalue weighted by Gasteiger charge is -2.18. The summed E-state index contributed by atoms with van der Waals surface area (Å²) in [7, 11) is 2.88. The van der Waals surface area contributed by atoms with Gasteiger partial charge in [-0.15, -0.1) is 0 Å². The molecule has 0 unspecified atom stereocenters. The monoisotopic (exact) mass is 454 g/mol. The van der Waals surface area contributed by atoms with Gasteiger partial charge >= 0.3 is 29.8 Å². The van der Waals surface area contributed by atoms with Gasteiger partial charge in [-0.3, -0.25) is 30.0 Å². The number of carboxylic acids is 5. The molecule has 0 amide bonds. The lowest BCUT2D eigenvalue weighted by molar-refractivity contribution is -0.170. The van der Waals surface area contributed by atoms with Crippen LogP contribution in [0.2, 0.25) is 0 Å². The Kier molecular flexibility index (Phi) is 15.1. The molecule has 0 spiro atoms. The van der Waals surface area contributed by atoms with Gasteiger partial charge in [0.1, 0.15) is 13.1 Å². The van der Waals surface area contributed by atoms with Crippen LogP contribution in [-0.2, 0) is 24.0 Å². The first-order valence-corrected chi connectivity index (χ1v) is 7.79. The molecule has 31 heavy (non-hydrogen) atoms. The van der Waals surface area contributed by atoms with E-state index < -0.39 is 48.3 Å². The molecule has 0 heterocycles. The molecule has 0 radical (unpaired) electrons. The Morgan fingerprint density at radius 2 is 0.968 bits per heavy atom. The SMILES string of the molecule is CN(CC(=O)O)C(=N)N.CN(CC(=O)O)C(=N)N.O=C(O)CC(O)(CC(=O)O)C(=O)O. The Labute approximate surface area is 175 Å². The number of carboxylic acid groups (broad SMARTS) is 5. The molecule has 17 nitrogen and oxygen atoms in total. The number of nitrogens with one attached hydrogen (secondary N) is 2. The van der Waals surface area contributed by atoms with E-state index in [0.717, 1.165) is 9.80 Å². The van der Waals surface area contributed by atoms with Crippen LogP contribution in [0.5, 0.6) is 0 Å². The molecule has 0 saturated heterocycles. The quantitative estimate of drug-likeness (QED) is 0.119. The van der Waals surface area contributed by atoms with Gasteiger partial charge in [0.2, 0.25) is 0 Å². The van der Waals surface area contributed by atoms with E-state index in [-0.39, 0.29) is 25.0 Å². The first-order valence-electron chi connectivity index (χ1n) is 7.79. The first-order chi connectivity index (χ1) is 13.8. The van der Waals surface area contributed by atoms with Crippen LogP contribution < -0.4 is 11.5 Å². The molecule has 0 bridgehead atoms. The zero-order chi connectivity index (χ0) is 25.5. The second kappa shape index (κ2) is 14.8. The van der Waals surface area contributed by atoms with Gasteiger partial charge in [0.25, 0.3) is 0 Å². The zero-order valence-electron chi connectivity index (χ0n) is 16.6. The van der Waals surface area contributed by atoms with Gasteiger partial charge < -0.3 is 51.9 Å². The molecular weight excluding hydrogens is 428 g/mol. The van der Waals surface area contributed by atoms with Crippen LogP contribution >= 0.6 is 0 Å². The van der Waals surface area contributed by atoms with E-state index in [1.807, 2.05) is 0 Å². The topological polar surface area (TPSA) is 313 Å². The summed E-state index contributed by atoms with van der Waals surface area (Å²) in [5, 5.41) is 63.6. The summed E-state index contributed by atoms with van der Waals surface area (Å²) in [4.78, 5) is 52.6. The smallest absolute Gasteiger partial charge is 0.336 e. The molecule has 0 aromatic carbocycles. The Hall–Kier alpha value is -4.15. The van der Waals surface area contributed by atoms with Crippen molar-refractivity contribution in [1.82, 2.24) is 9.80 Å². The van der Waals surface area contributed by atoms with Crippen molar-refractivity contribution in [3.8, 4) is 0 Å². The van der Waals surface area contributed by atoms with Crippen molar-refractivity contribution in [3.05, 3.63) is 0 Å². The number of nitrogens with zero attached hydrogens (tertiary/aromatic N) is 2. The Morgan fingerprint density at radius 1 is 0.710 bits per heavy atom. The second-order valence-corrected chi connectivity index (χ2v) is 5.75. The predicted octanol–water partition coefficient (Wildman–Crippen LogP) is -3.46. The highest BCUT2D eigenvalue weighted by Crippen LogP contribution is 2.15. The molecule has 12 N–H and O–H groups in total. The fourth-order valence-electron chi connectivity index (χ4n) is 1.29. The normalized spacial score (nSPS) is 9.52. The van der Waals surface area contributed by atoms with Crippen LogP contribution in [0.4, 0.5) is 0 Å². The summed E-state index contributed by atoms with van der Waals surface area (Å²) in [6, 6.07) is 0. The van der Waals surface area contributed by atoms with E-state index >= 15 is 0 Å². The van der Waals surface area contributed by atoms with Crippen molar-refractivity contribution < 1.29 is 54.6 Å². The maximum Gasteiger partial charge on any atom is 0.336 e. The van der Waals surface area contributed by atoms with Gasteiger partial charge in [-0.25, -0.2) is 4.79 Å². The summed E-state index contributed by atoms with van der Waals surface area (Å²) in [5.74, 6) is -7.48. The Bertz CT molecular complexity index is 648. The largest absolute Gasteiger partial charge is 0.481 e. The number of likely N-dealkylation sites (N-methyl/N-ethyl adjacent to an activating group) is 2. The Morgan fingerprint density at radius 3 is 1.06 bits per heavy atom. The van der Waals surface area contributed by atoms with Gasteiger partial charge in [0.05, 0.1) is 12.8 Å². The van der Waals surface area contributed by atoms with Crippen LogP contribution in [0.15, 0.2) is 0 Å². The van der Waals surface area contributed by atoms with Crippen molar-refractivity contribution in [3.63, 3.8) is 0 Å². The van der Waals surface area contributed by atoms with Gasteiger partial charge in [0.15, 0.2) is 17.5 Å². The Balaban J connectivity index is -0.000000390. The van der Waals surface area contributed by atoms with E-state index in [4.69, 9.17) is 52.9 Å². The van der Waals surface area contributed by atoms with Crippen molar-refractivity contribution in [2.45, 2.75) is 18.4 Å². The summed E-state index contributed by atoms with van der Waals surface area (Å²) in [5.41, 5.74) is 7.12. The second-order valence-electron chi connectivity index (χ2n) is 5.75. The molecule has 0 saturated carbocycles. The third-order valence-electron chi connectivity index (χ3n) is 2.85. The predicted molar refractivity (Wildman–Crippen MR) is 101 cm³/mol. The average molecular weight is 454 g/mol. The number of hydrogen-bond acceptors (Lipinski definition) is 8. The maximum atomic E-state index is 10.3. The number of guanidine groups is 2. The third kappa shape index (κ3) is 19.0. The highest BCUT2D eigenvalue weighted by molar-refractivity contribution is 5.88. The number of aliphatic carboxylic acids is 5. The van der Waals surface area contributed by atoms with Crippen molar-refractivity contribution in [2.75, 3.05) is 27.2 Å². The summed E-state index contributed by atoms with van der Waals surface area (Å²) in [6.07, 6.45) is -2.29. The van der Waals surface area contributed by atoms with E-state index in [1.165, 1.54) is 14.1 Å². The number of rotatable bonds is 9. The molecule has 0 aliphatic rings. The molecule has 0 aromatic heterocycles. The van der Waals surface area contributed by atoms with E-state index in [9.17, 15) is 24.0 Å². The van der Waals surface area contributed by atoms with Gasteiger partial charge in [-0.2, -0.15) is 0 Å². The highest BCUT2D eigenvalue weighted by Gasteiger charge is 2.40. The summed E-state index contributed by atoms with van der Waals surface area (Å²) < 4.78 is 0. The molecular formula is C14H26N6O11. The molecule has 0 atom stereocenters. The van der Waals surface area contributed by atoms with E-state index in [0.29, 0.717) is 0 Å². The number of nitrogens with two attached hydrogens (primary N) is 2. The number of carbonyl (C=O) groups is 5. The maximum absolute atomic E-state index is 10.3. The molecule has 0 aliphatic carbocycles. The molecule has 17 heteroatoms. The van der Waals surface area contributed by atoms with Crippen LogP contribution in [0, 0.1) is 10.8 Å². The molecule has 0 fully saturated rings. The fourth-order valence-corrected chi connectivity index (χ4v) is 1.29. The minimum Gasteiger partial charge on any atom is -0.481 e. The van der Waals surface area contributed by atoms with Crippen LogP contribution in [0.1, 0.15) is 12.8 Å². The van der Waals surface area contributed by atoms with Crippen molar-refractivity contribution >= 4 is 41.8 Å². The van der Waals surface area contributed by atoms with Gasteiger partial charge in [0, 0.05) is 14.1 Å². The number of aliphatic hydroxyl groups is 1. The molecule has 178 valence electrons. The average Bonchev–Trinajstić information content (AvgIpc) is 2.52. The fraction of sp³-hybridized carbons (Fsp3) is 0.500. The zero-order valence-corrected chi connectivity index (χ0v) is 16.6. The van der Waals surface area contributed by atoms with Crippen molar-refractivity contribution in [2.24, 2.45) is 11.5 Å². The van der Waals surface area contributed by atoms with Crippen LogP contribution in [0.25, 0.3) is 0 Å².